The number of amides is 2. The minimum atomic E-state index is -4.78. The molecule has 1 heterocycles. The molecule has 0 radical (unpaired) electrons. The average Bonchev–Trinajstić information content (AvgIpc) is 2.81. The number of imide groups is 1. The van der Waals surface area contributed by atoms with Crippen molar-refractivity contribution in [2.24, 2.45) is 0 Å². The first-order chi connectivity index (χ1) is 11.2. The van der Waals surface area contributed by atoms with Crippen LogP contribution in [-0.2, 0) is 29.3 Å². The van der Waals surface area contributed by atoms with Crippen molar-refractivity contribution in [3.8, 4) is 0 Å². The van der Waals surface area contributed by atoms with Gasteiger partial charge in [-0.2, -0.15) is 8.42 Å². The van der Waals surface area contributed by atoms with Gasteiger partial charge in [-0.25, -0.2) is 4.79 Å². The molecule has 128 valence electrons. The molecule has 24 heavy (non-hydrogen) atoms. The summed E-state index contributed by atoms with van der Waals surface area (Å²) in [7, 11) is -4.78. The topological polar surface area (TPSA) is 135 Å². The zero-order chi connectivity index (χ0) is 17.9. The van der Waals surface area contributed by atoms with Gasteiger partial charge in [0.25, 0.3) is 21.9 Å². The Morgan fingerprint density at radius 2 is 1.88 bits per heavy atom. The summed E-state index contributed by atoms with van der Waals surface area (Å²) in [5.74, 6) is -3.99. The zero-order valence-corrected chi connectivity index (χ0v) is 13.6. The highest BCUT2D eigenvalue weighted by Crippen LogP contribution is 2.20. The van der Waals surface area contributed by atoms with E-state index in [2.05, 4.69) is 4.84 Å². The van der Waals surface area contributed by atoms with Crippen LogP contribution in [0, 0.1) is 0 Å². The summed E-state index contributed by atoms with van der Waals surface area (Å²) in [6.45, 7) is 0. The van der Waals surface area contributed by atoms with Crippen LogP contribution in [-0.4, -0.2) is 51.9 Å². The fraction of sp³-hybridized carbons (Fsp3) is 0.231. The van der Waals surface area contributed by atoms with Crippen molar-refractivity contribution in [2.45, 2.75) is 11.7 Å². The van der Waals surface area contributed by atoms with Crippen molar-refractivity contribution in [3.63, 3.8) is 0 Å². The molecule has 0 unspecified atom stereocenters. The number of hydroxylamine groups is 2. The fourth-order valence-corrected chi connectivity index (χ4v) is 3.13. The first-order valence-electron chi connectivity index (χ1n) is 6.46. The standard InChI is InChI=1S/C13H11NO8S2/c15-10-6-9(24(19,20)21)12(17)14(10)22-11(16)7-23-13(18)8-4-2-1-3-5-8/h1-5,9H,6-7H2,(H,19,20,21)/t9-/m0/s1. The summed E-state index contributed by atoms with van der Waals surface area (Å²) in [5, 5.41) is -2.41. The molecular formula is C13H11NO8S2. The molecule has 1 saturated heterocycles. The van der Waals surface area contributed by atoms with E-state index in [-0.39, 0.29) is 5.06 Å². The maximum atomic E-state index is 11.8. The minimum absolute atomic E-state index is 0.00563. The minimum Gasteiger partial charge on any atom is -0.329 e. The van der Waals surface area contributed by atoms with Gasteiger partial charge >= 0.3 is 5.97 Å². The average molecular weight is 373 g/mol. The molecule has 0 saturated carbocycles. The molecule has 1 aromatic carbocycles. The number of hydrogen-bond donors (Lipinski definition) is 1. The highest BCUT2D eigenvalue weighted by molar-refractivity contribution is 8.14. The summed E-state index contributed by atoms with van der Waals surface area (Å²) >= 11 is 0.599. The van der Waals surface area contributed by atoms with Gasteiger partial charge in [-0.15, -0.1) is 5.06 Å². The fourth-order valence-electron chi connectivity index (χ4n) is 1.82. The largest absolute Gasteiger partial charge is 0.343 e. The number of rotatable bonds is 5. The molecule has 0 spiro atoms. The van der Waals surface area contributed by atoms with E-state index in [4.69, 9.17) is 4.55 Å². The van der Waals surface area contributed by atoms with E-state index in [1.54, 1.807) is 30.3 Å². The van der Waals surface area contributed by atoms with Crippen LogP contribution in [0.15, 0.2) is 30.3 Å². The smallest absolute Gasteiger partial charge is 0.329 e. The third kappa shape index (κ3) is 4.19. The molecule has 1 atom stereocenters. The molecule has 2 rings (SSSR count). The Bertz CT molecular complexity index is 789. The molecule has 1 N–H and O–H groups in total. The summed E-state index contributed by atoms with van der Waals surface area (Å²) < 4.78 is 30.8. The van der Waals surface area contributed by atoms with Gasteiger partial charge < -0.3 is 4.84 Å². The highest BCUT2D eigenvalue weighted by atomic mass is 32.2. The van der Waals surface area contributed by atoms with Crippen molar-refractivity contribution < 1.29 is 37.0 Å². The van der Waals surface area contributed by atoms with E-state index in [1.807, 2.05) is 0 Å². The maximum Gasteiger partial charge on any atom is 0.343 e. The van der Waals surface area contributed by atoms with Gasteiger partial charge in [0, 0.05) is 5.56 Å². The Hall–Kier alpha value is -2.24. The van der Waals surface area contributed by atoms with Gasteiger partial charge in [0.15, 0.2) is 5.25 Å². The van der Waals surface area contributed by atoms with Crippen LogP contribution < -0.4 is 0 Å². The lowest BCUT2D eigenvalue weighted by molar-refractivity contribution is -0.195. The highest BCUT2D eigenvalue weighted by Gasteiger charge is 2.48. The predicted octanol–water partition coefficient (Wildman–Crippen LogP) is 0.0335. The Morgan fingerprint density at radius 1 is 1.25 bits per heavy atom. The van der Waals surface area contributed by atoms with Crippen LogP contribution in [0.5, 0.6) is 0 Å². The summed E-state index contributed by atoms with van der Waals surface area (Å²) in [4.78, 5) is 51.1. The number of benzene rings is 1. The molecule has 0 aromatic heterocycles. The lowest BCUT2D eigenvalue weighted by atomic mass is 10.2. The van der Waals surface area contributed by atoms with Crippen molar-refractivity contribution in [2.75, 3.05) is 5.75 Å². The SMILES string of the molecule is O=C(CSC(=O)c1ccccc1)ON1C(=O)C[C@H](S(=O)(=O)O)C1=O. The molecule has 0 bridgehead atoms. The van der Waals surface area contributed by atoms with Gasteiger partial charge in [0.1, 0.15) is 5.75 Å². The van der Waals surface area contributed by atoms with E-state index in [1.165, 1.54) is 0 Å². The molecule has 11 heteroatoms. The molecule has 9 nitrogen and oxygen atoms in total. The molecular weight excluding hydrogens is 362 g/mol. The van der Waals surface area contributed by atoms with Crippen molar-refractivity contribution in [1.82, 2.24) is 5.06 Å². The number of carbonyl (C=O) groups excluding carboxylic acids is 4. The number of thioether (sulfide) groups is 1. The van der Waals surface area contributed by atoms with Gasteiger partial charge in [0.05, 0.1) is 6.42 Å². The maximum absolute atomic E-state index is 11.8. The van der Waals surface area contributed by atoms with Crippen LogP contribution in [0.3, 0.4) is 0 Å². The number of carbonyl (C=O) groups is 4. The van der Waals surface area contributed by atoms with Gasteiger partial charge in [-0.05, 0) is 0 Å². The van der Waals surface area contributed by atoms with E-state index < -0.39 is 50.4 Å². The molecule has 2 amide bonds. The summed E-state index contributed by atoms with van der Waals surface area (Å²) in [6.07, 6.45) is -0.818. The molecule has 1 aliphatic heterocycles. The van der Waals surface area contributed by atoms with E-state index >= 15 is 0 Å². The van der Waals surface area contributed by atoms with Gasteiger partial charge in [-0.3, -0.25) is 18.9 Å². The van der Waals surface area contributed by atoms with Gasteiger partial charge in [0.2, 0.25) is 5.12 Å². The Labute approximate surface area is 140 Å². The van der Waals surface area contributed by atoms with Crippen molar-refractivity contribution in [3.05, 3.63) is 35.9 Å². The number of hydrogen-bond acceptors (Lipinski definition) is 8. The quantitative estimate of drug-likeness (QED) is 0.560. The monoisotopic (exact) mass is 373 g/mol. The normalized spacial score (nSPS) is 17.9. The van der Waals surface area contributed by atoms with Gasteiger partial charge in [-0.1, -0.05) is 42.1 Å². The first-order valence-corrected chi connectivity index (χ1v) is 8.95. The number of nitrogens with zero attached hydrogens (tertiary/aromatic N) is 1. The third-order valence-corrected chi connectivity index (χ3v) is 4.91. The first kappa shape index (κ1) is 18.1. The van der Waals surface area contributed by atoms with E-state index in [0.717, 1.165) is 0 Å². The lowest BCUT2D eigenvalue weighted by Gasteiger charge is -2.12. The second-order valence-corrected chi connectivity index (χ2v) is 7.19. The Balaban J connectivity index is 1.92. The predicted molar refractivity (Wildman–Crippen MR) is 81.1 cm³/mol. The van der Waals surface area contributed by atoms with E-state index in [9.17, 15) is 27.6 Å². The molecule has 1 fully saturated rings. The summed E-state index contributed by atoms with van der Waals surface area (Å²) in [6, 6.07) is 8.09. The second kappa shape index (κ2) is 7.11. The third-order valence-electron chi connectivity index (χ3n) is 2.95. The van der Waals surface area contributed by atoms with Crippen LogP contribution in [0.4, 0.5) is 0 Å². The van der Waals surface area contributed by atoms with Crippen LogP contribution in [0.1, 0.15) is 16.8 Å². The van der Waals surface area contributed by atoms with Crippen LogP contribution >= 0.6 is 11.8 Å². The Morgan fingerprint density at radius 3 is 2.42 bits per heavy atom. The summed E-state index contributed by atoms with van der Waals surface area (Å²) in [5.41, 5.74) is 0.357. The molecule has 1 aliphatic rings. The zero-order valence-electron chi connectivity index (χ0n) is 11.9. The van der Waals surface area contributed by atoms with Crippen LogP contribution in [0.2, 0.25) is 0 Å². The van der Waals surface area contributed by atoms with Crippen molar-refractivity contribution in [1.29, 1.82) is 0 Å². The second-order valence-electron chi connectivity index (χ2n) is 4.64. The van der Waals surface area contributed by atoms with Crippen molar-refractivity contribution >= 4 is 44.8 Å². The van der Waals surface area contributed by atoms with Crippen LogP contribution in [0.25, 0.3) is 0 Å². The molecule has 0 aliphatic carbocycles. The van der Waals surface area contributed by atoms with E-state index in [0.29, 0.717) is 17.3 Å². The Kier molecular flexibility index (Phi) is 5.36. The lowest BCUT2D eigenvalue weighted by Crippen LogP contribution is -2.37. The molecule has 1 aromatic rings.